The minimum atomic E-state index is -0.523. The van der Waals surface area contributed by atoms with Crippen LogP contribution in [0.2, 0.25) is 0 Å². The second-order valence-electron chi connectivity index (χ2n) is 3.61. The Kier molecular flexibility index (Phi) is 5.43. The van der Waals surface area contributed by atoms with E-state index < -0.39 is 11.7 Å². The Bertz CT molecular complexity index is 282. The summed E-state index contributed by atoms with van der Waals surface area (Å²) in [6.07, 6.45) is 1.45. The number of hydrogen-bond donors (Lipinski definition) is 1. The molecule has 1 fully saturated rings. The molecule has 0 bridgehead atoms. The number of amides is 1. The van der Waals surface area contributed by atoms with Crippen molar-refractivity contribution in [3.8, 4) is 0 Å². The van der Waals surface area contributed by atoms with Crippen LogP contribution < -0.4 is 5.32 Å². The van der Waals surface area contributed by atoms with Crippen LogP contribution in [-0.2, 0) is 9.57 Å². The minimum Gasteiger partial charge on any atom is -0.358 e. The molecule has 7 heteroatoms. The van der Waals surface area contributed by atoms with Crippen LogP contribution in [-0.4, -0.2) is 41.2 Å². The molecule has 1 saturated heterocycles. The summed E-state index contributed by atoms with van der Waals surface area (Å²) in [6.45, 7) is 4.36. The van der Waals surface area contributed by atoms with Crippen molar-refractivity contribution < 1.29 is 14.4 Å². The van der Waals surface area contributed by atoms with Gasteiger partial charge >= 0.3 is 6.09 Å². The fourth-order valence-corrected chi connectivity index (χ4v) is 2.24. The zero-order chi connectivity index (χ0) is 12.0. The number of thioether (sulfide) groups is 2. The maximum absolute atomic E-state index is 11.2. The van der Waals surface area contributed by atoms with Crippen molar-refractivity contribution in [1.29, 1.82) is 0 Å². The highest BCUT2D eigenvalue weighted by Gasteiger charge is 2.33. The molecule has 0 radical (unpaired) electrons. The molecule has 1 rings (SSSR count). The molecular weight excluding hydrogens is 248 g/mol. The van der Waals surface area contributed by atoms with E-state index in [-0.39, 0.29) is 0 Å². The molecule has 1 amide bonds. The number of carbonyl (C=O) groups is 1. The van der Waals surface area contributed by atoms with Gasteiger partial charge in [0.25, 0.3) is 0 Å². The van der Waals surface area contributed by atoms with E-state index >= 15 is 0 Å². The lowest BCUT2D eigenvalue weighted by atomic mass is 10.2. The molecule has 0 unspecified atom stereocenters. The fraction of sp³-hybridized carbons (Fsp3) is 0.778. The minimum absolute atomic E-state index is 0.454. The highest BCUT2D eigenvalue weighted by molar-refractivity contribution is 8.14. The van der Waals surface area contributed by atoms with Crippen LogP contribution >= 0.6 is 23.5 Å². The van der Waals surface area contributed by atoms with Gasteiger partial charge in [0.05, 0.1) is 5.94 Å². The third-order valence-corrected chi connectivity index (χ3v) is 3.61. The topological polar surface area (TPSA) is 59.9 Å². The molecule has 1 aliphatic heterocycles. The zero-order valence-corrected chi connectivity index (χ0v) is 11.2. The van der Waals surface area contributed by atoms with Crippen LogP contribution in [0.3, 0.4) is 0 Å². The zero-order valence-electron chi connectivity index (χ0n) is 9.61. The van der Waals surface area contributed by atoms with Crippen molar-refractivity contribution in [1.82, 2.24) is 5.32 Å². The molecule has 0 aromatic carbocycles. The van der Waals surface area contributed by atoms with E-state index in [1.54, 1.807) is 11.8 Å². The number of rotatable bonds is 4. The number of ether oxygens (including phenoxy) is 1. The Hall–Kier alpha value is -0.400. The van der Waals surface area contributed by atoms with Crippen LogP contribution in [0.15, 0.2) is 5.16 Å². The molecule has 0 saturated carbocycles. The standard InChI is InChI=1S/C9H16N2O3S2/c1-9(2)7(16-6-13-9)11-14-8(12)10-4-5-15-3/h4-6H2,1-3H3,(H,10,12). The first-order valence-corrected chi connectivity index (χ1v) is 7.23. The molecule has 0 aliphatic carbocycles. The lowest BCUT2D eigenvalue weighted by molar-refractivity contribution is 0.0784. The first-order valence-electron chi connectivity index (χ1n) is 4.85. The monoisotopic (exact) mass is 264 g/mol. The van der Waals surface area contributed by atoms with Crippen molar-refractivity contribution in [3.63, 3.8) is 0 Å². The van der Waals surface area contributed by atoms with Gasteiger partial charge in [-0.05, 0) is 20.1 Å². The maximum atomic E-state index is 11.2. The Balaban J connectivity index is 2.32. The Morgan fingerprint density at radius 2 is 2.50 bits per heavy atom. The van der Waals surface area contributed by atoms with Crippen molar-refractivity contribution in [2.45, 2.75) is 19.4 Å². The number of hydrogen-bond acceptors (Lipinski definition) is 6. The Labute approximate surface area is 104 Å². The lowest BCUT2D eigenvalue weighted by Crippen LogP contribution is -2.29. The summed E-state index contributed by atoms with van der Waals surface area (Å²) in [5.41, 5.74) is -0.454. The summed E-state index contributed by atoms with van der Waals surface area (Å²) in [5.74, 6) is 1.40. The van der Waals surface area contributed by atoms with Crippen molar-refractivity contribution in [2.24, 2.45) is 5.16 Å². The van der Waals surface area contributed by atoms with Gasteiger partial charge in [0, 0.05) is 12.3 Å². The van der Waals surface area contributed by atoms with E-state index in [2.05, 4.69) is 10.5 Å². The van der Waals surface area contributed by atoms with Gasteiger partial charge in [-0.15, -0.1) is 0 Å². The highest BCUT2D eigenvalue weighted by atomic mass is 32.2. The van der Waals surface area contributed by atoms with E-state index in [1.807, 2.05) is 20.1 Å². The van der Waals surface area contributed by atoms with Gasteiger partial charge in [-0.1, -0.05) is 16.9 Å². The smallest absolute Gasteiger partial charge is 0.358 e. The van der Waals surface area contributed by atoms with Gasteiger partial charge in [0.1, 0.15) is 10.6 Å². The second-order valence-corrected chi connectivity index (χ2v) is 5.51. The van der Waals surface area contributed by atoms with E-state index in [0.717, 1.165) is 5.75 Å². The predicted octanol–water partition coefficient (Wildman–Crippen LogP) is 1.89. The molecular formula is C9H16N2O3S2. The number of oxime groups is 1. The van der Waals surface area contributed by atoms with Gasteiger partial charge in [-0.25, -0.2) is 4.79 Å². The molecule has 0 aromatic heterocycles. The summed E-state index contributed by atoms with van der Waals surface area (Å²) in [6, 6.07) is 0. The van der Waals surface area contributed by atoms with Crippen LogP contribution in [0.1, 0.15) is 13.8 Å². The van der Waals surface area contributed by atoms with E-state index in [0.29, 0.717) is 17.5 Å². The Morgan fingerprint density at radius 1 is 1.75 bits per heavy atom. The molecule has 1 aliphatic rings. The summed E-state index contributed by atoms with van der Waals surface area (Å²) in [4.78, 5) is 15.9. The molecule has 16 heavy (non-hydrogen) atoms. The highest BCUT2D eigenvalue weighted by Crippen LogP contribution is 2.29. The van der Waals surface area contributed by atoms with Crippen LogP contribution in [0, 0.1) is 0 Å². The summed E-state index contributed by atoms with van der Waals surface area (Å²) >= 11 is 3.09. The average Bonchev–Trinajstić information content (AvgIpc) is 2.55. The molecule has 1 heterocycles. The number of nitrogens with zero attached hydrogens (tertiary/aromatic N) is 1. The fourth-order valence-electron chi connectivity index (χ4n) is 0.975. The van der Waals surface area contributed by atoms with Gasteiger partial charge < -0.3 is 10.1 Å². The SMILES string of the molecule is CSCCNC(=O)ON=C1SCOC1(C)C. The third kappa shape index (κ3) is 4.23. The van der Waals surface area contributed by atoms with Crippen molar-refractivity contribution >= 4 is 34.7 Å². The average molecular weight is 264 g/mol. The predicted molar refractivity (Wildman–Crippen MR) is 67.9 cm³/mol. The summed E-state index contributed by atoms with van der Waals surface area (Å²) in [7, 11) is 0. The quantitative estimate of drug-likeness (QED) is 0.477. The maximum Gasteiger partial charge on any atom is 0.433 e. The van der Waals surface area contributed by atoms with Gasteiger partial charge in [0.15, 0.2) is 0 Å². The first-order chi connectivity index (χ1) is 7.56. The largest absolute Gasteiger partial charge is 0.433 e. The van der Waals surface area contributed by atoms with E-state index in [1.165, 1.54) is 11.8 Å². The molecule has 0 spiro atoms. The third-order valence-electron chi connectivity index (χ3n) is 1.92. The normalized spacial score (nSPS) is 21.1. The van der Waals surface area contributed by atoms with Gasteiger partial charge in [-0.3, -0.25) is 4.84 Å². The van der Waals surface area contributed by atoms with E-state index in [4.69, 9.17) is 9.57 Å². The van der Waals surface area contributed by atoms with Gasteiger partial charge in [0.2, 0.25) is 0 Å². The number of carbonyl (C=O) groups excluding carboxylic acids is 1. The van der Waals surface area contributed by atoms with Crippen LogP contribution in [0.4, 0.5) is 4.79 Å². The summed E-state index contributed by atoms with van der Waals surface area (Å²) < 4.78 is 5.40. The number of nitrogens with one attached hydrogen (secondary N) is 1. The first kappa shape index (κ1) is 13.7. The molecule has 1 N–H and O–H groups in total. The Morgan fingerprint density at radius 3 is 3.06 bits per heavy atom. The molecule has 0 aromatic rings. The van der Waals surface area contributed by atoms with Crippen molar-refractivity contribution in [3.05, 3.63) is 0 Å². The van der Waals surface area contributed by atoms with Crippen LogP contribution in [0.25, 0.3) is 0 Å². The molecule has 0 atom stereocenters. The van der Waals surface area contributed by atoms with Crippen molar-refractivity contribution in [2.75, 3.05) is 24.5 Å². The lowest BCUT2D eigenvalue weighted by Gasteiger charge is -2.15. The van der Waals surface area contributed by atoms with Crippen LogP contribution in [0.5, 0.6) is 0 Å². The second kappa shape index (κ2) is 6.36. The van der Waals surface area contributed by atoms with Gasteiger partial charge in [-0.2, -0.15) is 11.8 Å². The molecule has 92 valence electrons. The molecule has 5 nitrogen and oxygen atoms in total. The van der Waals surface area contributed by atoms with E-state index in [9.17, 15) is 4.79 Å². The summed E-state index contributed by atoms with van der Waals surface area (Å²) in [5, 5.41) is 7.07.